The largest absolute Gasteiger partial charge is 0.314 e. The van der Waals surface area contributed by atoms with Gasteiger partial charge in [-0.25, -0.2) is 0 Å². The molecule has 3 rings (SSSR count). The highest BCUT2D eigenvalue weighted by molar-refractivity contribution is 5.40. The molecule has 2 nitrogen and oxygen atoms in total. The molecular weight excluding hydrogens is 268 g/mol. The summed E-state index contributed by atoms with van der Waals surface area (Å²) in [5, 5.41) is 3.47. The molecule has 0 radical (unpaired) electrons. The quantitative estimate of drug-likeness (QED) is 0.930. The van der Waals surface area contributed by atoms with E-state index in [1.807, 2.05) is 0 Å². The van der Waals surface area contributed by atoms with E-state index in [4.69, 9.17) is 0 Å². The molecule has 0 bridgehead atoms. The van der Waals surface area contributed by atoms with Crippen molar-refractivity contribution in [3.63, 3.8) is 0 Å². The Balaban J connectivity index is 2.07. The third-order valence-corrected chi connectivity index (χ3v) is 4.60. The van der Waals surface area contributed by atoms with E-state index < -0.39 is 0 Å². The summed E-state index contributed by atoms with van der Waals surface area (Å²) in [6.45, 7) is 11.0. The van der Waals surface area contributed by atoms with E-state index in [0.29, 0.717) is 6.04 Å². The van der Waals surface area contributed by atoms with Gasteiger partial charge in [0, 0.05) is 26.2 Å². The van der Waals surface area contributed by atoms with E-state index in [-0.39, 0.29) is 0 Å². The lowest BCUT2D eigenvalue weighted by Gasteiger charge is -2.36. The summed E-state index contributed by atoms with van der Waals surface area (Å²) in [6, 6.07) is 16.2. The standard InChI is InChI=1S/C20H26N2/c1-15-5-4-6-18(13-15)20(22-11-9-21-10-12-22)19-14-16(2)7-8-17(19)3/h4-8,13-14,20-21H,9-12H2,1-3H3. The predicted molar refractivity (Wildman–Crippen MR) is 93.4 cm³/mol. The van der Waals surface area contributed by atoms with Crippen LogP contribution in [-0.4, -0.2) is 31.1 Å². The zero-order valence-electron chi connectivity index (χ0n) is 13.9. The van der Waals surface area contributed by atoms with Crippen molar-refractivity contribution < 1.29 is 0 Å². The molecule has 0 spiro atoms. The van der Waals surface area contributed by atoms with Crippen LogP contribution in [0.4, 0.5) is 0 Å². The maximum absolute atomic E-state index is 3.47. The summed E-state index contributed by atoms with van der Waals surface area (Å²) in [4.78, 5) is 2.62. The first-order valence-corrected chi connectivity index (χ1v) is 8.23. The highest BCUT2D eigenvalue weighted by Crippen LogP contribution is 2.32. The van der Waals surface area contributed by atoms with Crippen LogP contribution in [0.5, 0.6) is 0 Å². The highest BCUT2D eigenvalue weighted by Gasteiger charge is 2.25. The van der Waals surface area contributed by atoms with Crippen molar-refractivity contribution in [1.82, 2.24) is 10.2 Å². The fraction of sp³-hybridized carbons (Fsp3) is 0.400. The summed E-state index contributed by atoms with van der Waals surface area (Å²) in [7, 11) is 0. The van der Waals surface area contributed by atoms with Crippen LogP contribution in [0.2, 0.25) is 0 Å². The van der Waals surface area contributed by atoms with Crippen LogP contribution in [0, 0.1) is 20.8 Å². The Hall–Kier alpha value is -1.64. The molecule has 22 heavy (non-hydrogen) atoms. The number of nitrogens with zero attached hydrogens (tertiary/aromatic N) is 1. The predicted octanol–water partition coefficient (Wildman–Crippen LogP) is 3.61. The van der Waals surface area contributed by atoms with Gasteiger partial charge in [0.2, 0.25) is 0 Å². The van der Waals surface area contributed by atoms with Crippen LogP contribution >= 0.6 is 0 Å². The average molecular weight is 294 g/mol. The Morgan fingerprint density at radius 3 is 2.36 bits per heavy atom. The number of nitrogens with one attached hydrogen (secondary N) is 1. The molecule has 1 saturated heterocycles. The maximum atomic E-state index is 3.47. The van der Waals surface area contributed by atoms with Crippen molar-refractivity contribution in [3.8, 4) is 0 Å². The second-order valence-electron chi connectivity index (χ2n) is 6.46. The first-order chi connectivity index (χ1) is 10.6. The molecule has 0 saturated carbocycles. The lowest BCUT2D eigenvalue weighted by atomic mass is 9.91. The van der Waals surface area contributed by atoms with E-state index in [9.17, 15) is 0 Å². The van der Waals surface area contributed by atoms with Crippen LogP contribution in [0.3, 0.4) is 0 Å². The maximum Gasteiger partial charge on any atom is 0.0605 e. The van der Waals surface area contributed by atoms with Gasteiger partial charge in [0.05, 0.1) is 6.04 Å². The Labute approximate surface area is 134 Å². The minimum absolute atomic E-state index is 0.363. The number of piperazine rings is 1. The monoisotopic (exact) mass is 294 g/mol. The van der Waals surface area contributed by atoms with Crippen LogP contribution in [-0.2, 0) is 0 Å². The summed E-state index contributed by atoms with van der Waals surface area (Å²) in [5.41, 5.74) is 6.93. The summed E-state index contributed by atoms with van der Waals surface area (Å²) in [5.74, 6) is 0. The number of rotatable bonds is 3. The molecule has 1 fully saturated rings. The van der Waals surface area contributed by atoms with E-state index in [0.717, 1.165) is 26.2 Å². The lowest BCUT2D eigenvalue weighted by Crippen LogP contribution is -2.45. The number of aryl methyl sites for hydroxylation is 3. The Bertz CT molecular complexity index is 642. The van der Waals surface area contributed by atoms with E-state index in [1.54, 1.807) is 0 Å². The summed E-state index contributed by atoms with van der Waals surface area (Å²) >= 11 is 0. The topological polar surface area (TPSA) is 15.3 Å². The van der Waals surface area contributed by atoms with E-state index in [1.165, 1.54) is 27.8 Å². The Morgan fingerprint density at radius 1 is 0.909 bits per heavy atom. The zero-order valence-corrected chi connectivity index (χ0v) is 13.9. The molecule has 116 valence electrons. The summed E-state index contributed by atoms with van der Waals surface area (Å²) in [6.07, 6.45) is 0. The van der Waals surface area contributed by atoms with Crippen LogP contribution in [0.15, 0.2) is 42.5 Å². The molecule has 1 atom stereocenters. The van der Waals surface area contributed by atoms with Gasteiger partial charge in [-0.3, -0.25) is 4.90 Å². The van der Waals surface area contributed by atoms with Gasteiger partial charge >= 0.3 is 0 Å². The smallest absolute Gasteiger partial charge is 0.0605 e. The van der Waals surface area contributed by atoms with Crippen molar-refractivity contribution in [2.45, 2.75) is 26.8 Å². The molecule has 2 aromatic carbocycles. The number of benzene rings is 2. The normalized spacial score (nSPS) is 17.4. The van der Waals surface area contributed by atoms with E-state index in [2.05, 4.69) is 73.5 Å². The van der Waals surface area contributed by atoms with Gasteiger partial charge < -0.3 is 5.32 Å². The van der Waals surface area contributed by atoms with Crippen molar-refractivity contribution in [1.29, 1.82) is 0 Å². The Morgan fingerprint density at radius 2 is 1.64 bits per heavy atom. The zero-order chi connectivity index (χ0) is 15.5. The van der Waals surface area contributed by atoms with Crippen molar-refractivity contribution in [3.05, 3.63) is 70.3 Å². The minimum atomic E-state index is 0.363. The second kappa shape index (κ2) is 6.64. The average Bonchev–Trinajstić information content (AvgIpc) is 2.52. The molecule has 0 amide bonds. The van der Waals surface area contributed by atoms with Gasteiger partial charge in [-0.1, -0.05) is 53.6 Å². The molecule has 0 aromatic heterocycles. The number of hydrogen-bond acceptors (Lipinski definition) is 2. The van der Waals surface area contributed by atoms with E-state index >= 15 is 0 Å². The van der Waals surface area contributed by atoms with Gasteiger partial charge in [0.1, 0.15) is 0 Å². The third-order valence-electron chi connectivity index (χ3n) is 4.60. The lowest BCUT2D eigenvalue weighted by molar-refractivity contribution is 0.198. The third kappa shape index (κ3) is 3.23. The van der Waals surface area contributed by atoms with Crippen LogP contribution < -0.4 is 5.32 Å². The molecule has 1 N–H and O–H groups in total. The van der Waals surface area contributed by atoms with Crippen LogP contribution in [0.25, 0.3) is 0 Å². The molecule has 2 aromatic rings. The molecule has 1 unspecified atom stereocenters. The Kier molecular flexibility index (Phi) is 4.60. The fourth-order valence-corrected chi connectivity index (χ4v) is 3.42. The van der Waals surface area contributed by atoms with Crippen LogP contribution in [0.1, 0.15) is 33.9 Å². The molecule has 1 heterocycles. The van der Waals surface area contributed by atoms with Crippen molar-refractivity contribution in [2.75, 3.05) is 26.2 Å². The van der Waals surface area contributed by atoms with Crippen molar-refractivity contribution in [2.24, 2.45) is 0 Å². The molecule has 1 aliphatic heterocycles. The molecular formula is C20H26N2. The first kappa shape index (κ1) is 15.3. The molecule has 1 aliphatic rings. The molecule has 2 heteroatoms. The summed E-state index contributed by atoms with van der Waals surface area (Å²) < 4.78 is 0. The van der Waals surface area contributed by atoms with Crippen molar-refractivity contribution >= 4 is 0 Å². The second-order valence-corrected chi connectivity index (χ2v) is 6.46. The highest BCUT2D eigenvalue weighted by atomic mass is 15.2. The fourth-order valence-electron chi connectivity index (χ4n) is 3.42. The van der Waals surface area contributed by atoms with Gasteiger partial charge in [-0.05, 0) is 37.5 Å². The van der Waals surface area contributed by atoms with Gasteiger partial charge in [0.25, 0.3) is 0 Å². The SMILES string of the molecule is Cc1cccc(C(c2cc(C)ccc2C)N2CCNCC2)c1. The van der Waals surface area contributed by atoms with Gasteiger partial charge in [-0.2, -0.15) is 0 Å². The number of hydrogen-bond donors (Lipinski definition) is 1. The first-order valence-electron chi connectivity index (χ1n) is 8.23. The van der Waals surface area contributed by atoms with Gasteiger partial charge in [0.15, 0.2) is 0 Å². The minimum Gasteiger partial charge on any atom is -0.314 e. The molecule has 0 aliphatic carbocycles. The van der Waals surface area contributed by atoms with Gasteiger partial charge in [-0.15, -0.1) is 0 Å².